The number of hydrogen-bond donors (Lipinski definition) is 0. The van der Waals surface area contributed by atoms with Crippen molar-refractivity contribution in [1.82, 2.24) is 0 Å². The number of rotatable bonds is 3. The summed E-state index contributed by atoms with van der Waals surface area (Å²) in [5, 5.41) is 2.94. The van der Waals surface area contributed by atoms with Gasteiger partial charge in [-0.3, -0.25) is 0 Å². The zero-order valence-electron chi connectivity index (χ0n) is 13.2. The van der Waals surface area contributed by atoms with Crippen molar-refractivity contribution in [2.75, 3.05) is 18.6 Å². The first-order chi connectivity index (χ1) is 11.2. The van der Waals surface area contributed by atoms with Crippen LogP contribution >= 0.6 is 0 Å². The Morgan fingerprint density at radius 2 is 1.91 bits per heavy atom. The standard InChI is InChI=1S/C18H18N2O3/c1-12-16(18(21)23-2)10-5-13-4-3-11-20(17(12)13)15-8-6-14(19-22)7-9-15/h5-10H,3-4,11H2,1-2H3. The van der Waals surface area contributed by atoms with Crippen LogP contribution in [0.3, 0.4) is 0 Å². The third kappa shape index (κ3) is 2.70. The predicted molar refractivity (Wildman–Crippen MR) is 89.7 cm³/mol. The molecule has 0 aromatic heterocycles. The van der Waals surface area contributed by atoms with Crippen molar-refractivity contribution in [2.45, 2.75) is 19.8 Å². The van der Waals surface area contributed by atoms with Gasteiger partial charge in [0.1, 0.15) is 5.69 Å². The van der Waals surface area contributed by atoms with Crippen LogP contribution in [0.25, 0.3) is 0 Å². The summed E-state index contributed by atoms with van der Waals surface area (Å²) in [5.74, 6) is -0.323. The number of fused-ring (bicyclic) bond motifs is 1. The van der Waals surface area contributed by atoms with Crippen LogP contribution < -0.4 is 4.90 Å². The van der Waals surface area contributed by atoms with E-state index in [4.69, 9.17) is 4.74 Å². The molecule has 1 aliphatic heterocycles. The third-order valence-corrected chi connectivity index (χ3v) is 4.28. The topological polar surface area (TPSA) is 59.0 Å². The van der Waals surface area contributed by atoms with E-state index in [1.165, 1.54) is 12.7 Å². The Bertz CT molecular complexity index is 754. The van der Waals surface area contributed by atoms with E-state index >= 15 is 0 Å². The number of carbonyl (C=O) groups is 1. The monoisotopic (exact) mass is 310 g/mol. The first-order valence-corrected chi connectivity index (χ1v) is 7.57. The summed E-state index contributed by atoms with van der Waals surface area (Å²) >= 11 is 0. The van der Waals surface area contributed by atoms with Gasteiger partial charge in [0.05, 0.1) is 12.7 Å². The molecule has 0 radical (unpaired) electrons. The number of esters is 1. The molecular weight excluding hydrogens is 292 g/mol. The minimum absolute atomic E-state index is 0.323. The summed E-state index contributed by atoms with van der Waals surface area (Å²) in [6.07, 6.45) is 2.03. The molecular formula is C18H18N2O3. The maximum atomic E-state index is 12.0. The molecule has 5 heteroatoms. The highest BCUT2D eigenvalue weighted by Gasteiger charge is 2.24. The molecule has 0 spiro atoms. The summed E-state index contributed by atoms with van der Waals surface area (Å²) in [6, 6.07) is 11.0. The average molecular weight is 310 g/mol. The molecule has 0 atom stereocenters. The van der Waals surface area contributed by atoms with Gasteiger partial charge in [-0.1, -0.05) is 6.07 Å². The summed E-state index contributed by atoms with van der Waals surface area (Å²) in [4.78, 5) is 24.7. The molecule has 0 amide bonds. The second-order valence-corrected chi connectivity index (χ2v) is 5.60. The second-order valence-electron chi connectivity index (χ2n) is 5.60. The van der Waals surface area contributed by atoms with Gasteiger partial charge in [0.15, 0.2) is 0 Å². The van der Waals surface area contributed by atoms with Gasteiger partial charge >= 0.3 is 5.97 Å². The van der Waals surface area contributed by atoms with Crippen molar-refractivity contribution < 1.29 is 9.53 Å². The van der Waals surface area contributed by atoms with Crippen LogP contribution in [0.15, 0.2) is 41.6 Å². The van der Waals surface area contributed by atoms with Crippen molar-refractivity contribution in [1.29, 1.82) is 0 Å². The number of methoxy groups -OCH3 is 1. The Balaban J connectivity index is 2.09. The second kappa shape index (κ2) is 6.20. The lowest BCUT2D eigenvalue weighted by atomic mass is 9.94. The Morgan fingerprint density at radius 1 is 1.17 bits per heavy atom. The summed E-state index contributed by atoms with van der Waals surface area (Å²) < 4.78 is 4.87. The van der Waals surface area contributed by atoms with Crippen molar-refractivity contribution in [3.8, 4) is 0 Å². The van der Waals surface area contributed by atoms with Gasteiger partial charge in [-0.2, -0.15) is 0 Å². The lowest BCUT2D eigenvalue weighted by molar-refractivity contribution is 0.0600. The van der Waals surface area contributed by atoms with Crippen LogP contribution in [0.1, 0.15) is 27.9 Å². The lowest BCUT2D eigenvalue weighted by Crippen LogP contribution is -2.26. The number of benzene rings is 2. The zero-order valence-corrected chi connectivity index (χ0v) is 13.2. The number of aryl methyl sites for hydroxylation is 1. The number of anilines is 2. The zero-order chi connectivity index (χ0) is 16.4. The summed E-state index contributed by atoms with van der Waals surface area (Å²) in [6.45, 7) is 2.82. The minimum atomic E-state index is -0.323. The molecule has 2 aromatic carbocycles. The van der Waals surface area contributed by atoms with Crippen molar-refractivity contribution in [2.24, 2.45) is 5.18 Å². The highest BCUT2D eigenvalue weighted by atomic mass is 16.5. The van der Waals surface area contributed by atoms with E-state index in [-0.39, 0.29) is 5.97 Å². The molecule has 0 saturated carbocycles. The minimum Gasteiger partial charge on any atom is -0.465 e. The molecule has 1 aliphatic rings. The van der Waals surface area contributed by atoms with Crippen LogP contribution in [0.5, 0.6) is 0 Å². The molecule has 0 bridgehead atoms. The summed E-state index contributed by atoms with van der Waals surface area (Å²) in [7, 11) is 1.39. The van der Waals surface area contributed by atoms with Crippen LogP contribution in [-0.2, 0) is 11.2 Å². The molecule has 2 aromatic rings. The van der Waals surface area contributed by atoms with Gasteiger partial charge in [0.25, 0.3) is 0 Å². The maximum absolute atomic E-state index is 12.0. The fourth-order valence-electron chi connectivity index (χ4n) is 3.16. The van der Waals surface area contributed by atoms with Crippen molar-refractivity contribution in [3.63, 3.8) is 0 Å². The molecule has 5 nitrogen and oxygen atoms in total. The molecule has 23 heavy (non-hydrogen) atoms. The number of ether oxygens (including phenoxy) is 1. The highest BCUT2D eigenvalue weighted by Crippen LogP contribution is 2.38. The van der Waals surface area contributed by atoms with Gasteiger partial charge in [-0.15, -0.1) is 4.91 Å². The molecule has 0 unspecified atom stereocenters. The quantitative estimate of drug-likeness (QED) is 0.627. The van der Waals surface area contributed by atoms with E-state index in [1.807, 2.05) is 31.2 Å². The van der Waals surface area contributed by atoms with Crippen molar-refractivity contribution in [3.05, 3.63) is 58.0 Å². The lowest BCUT2D eigenvalue weighted by Gasteiger charge is -2.33. The van der Waals surface area contributed by atoms with E-state index in [0.717, 1.165) is 36.3 Å². The summed E-state index contributed by atoms with van der Waals surface area (Å²) in [5.41, 5.74) is 5.19. The van der Waals surface area contributed by atoms with Gasteiger partial charge in [-0.25, -0.2) is 4.79 Å². The molecule has 0 fully saturated rings. The Kier molecular flexibility index (Phi) is 4.10. The Morgan fingerprint density at radius 3 is 2.57 bits per heavy atom. The van der Waals surface area contributed by atoms with Crippen molar-refractivity contribution >= 4 is 23.0 Å². The average Bonchev–Trinajstić information content (AvgIpc) is 2.61. The normalized spacial score (nSPS) is 13.4. The van der Waals surface area contributed by atoms with Gasteiger partial charge in [0.2, 0.25) is 0 Å². The largest absolute Gasteiger partial charge is 0.465 e. The van der Waals surface area contributed by atoms with Gasteiger partial charge < -0.3 is 9.64 Å². The van der Waals surface area contributed by atoms with E-state index in [0.29, 0.717) is 11.3 Å². The maximum Gasteiger partial charge on any atom is 0.338 e. The molecule has 1 heterocycles. The highest BCUT2D eigenvalue weighted by molar-refractivity contribution is 5.94. The smallest absolute Gasteiger partial charge is 0.338 e. The first-order valence-electron chi connectivity index (χ1n) is 7.57. The van der Waals surface area contributed by atoms with Crippen LogP contribution in [-0.4, -0.2) is 19.6 Å². The fourth-order valence-corrected chi connectivity index (χ4v) is 3.16. The first kappa shape index (κ1) is 15.2. The number of hydrogen-bond acceptors (Lipinski definition) is 5. The predicted octanol–water partition coefficient (Wildman–Crippen LogP) is 4.26. The molecule has 0 aliphatic carbocycles. The Hall–Kier alpha value is -2.69. The SMILES string of the molecule is COC(=O)c1ccc2c(c1C)N(c1ccc(N=O)cc1)CCC2. The van der Waals surface area contributed by atoms with Crippen LogP contribution in [0.4, 0.5) is 17.1 Å². The van der Waals surface area contributed by atoms with Gasteiger partial charge in [-0.05, 0) is 66.4 Å². The molecule has 0 N–H and O–H groups in total. The Labute approximate surface area is 134 Å². The van der Waals surface area contributed by atoms with Crippen LogP contribution in [0, 0.1) is 11.8 Å². The number of nitroso groups, excluding NO2 is 1. The van der Waals surface area contributed by atoms with E-state index < -0.39 is 0 Å². The van der Waals surface area contributed by atoms with Crippen LogP contribution in [0.2, 0.25) is 0 Å². The van der Waals surface area contributed by atoms with E-state index in [1.54, 1.807) is 12.1 Å². The van der Waals surface area contributed by atoms with E-state index in [9.17, 15) is 9.70 Å². The molecule has 0 saturated heterocycles. The third-order valence-electron chi connectivity index (χ3n) is 4.28. The van der Waals surface area contributed by atoms with Gasteiger partial charge in [0, 0.05) is 17.9 Å². The molecule has 3 rings (SSSR count). The molecule has 118 valence electrons. The van der Waals surface area contributed by atoms with E-state index in [2.05, 4.69) is 10.1 Å². The number of carbonyl (C=O) groups excluding carboxylic acids is 1. The fraction of sp³-hybridized carbons (Fsp3) is 0.278. The number of nitrogens with zero attached hydrogens (tertiary/aromatic N) is 2.